The highest BCUT2D eigenvalue weighted by molar-refractivity contribution is 5.97. The molecular formula is C21H25FN4O4. The van der Waals surface area contributed by atoms with Crippen LogP contribution in [-0.2, 0) is 11.3 Å². The van der Waals surface area contributed by atoms with Crippen LogP contribution in [0.15, 0.2) is 48.5 Å². The molecule has 2 amide bonds. The van der Waals surface area contributed by atoms with Crippen molar-refractivity contribution in [2.45, 2.75) is 19.5 Å². The van der Waals surface area contributed by atoms with Gasteiger partial charge in [-0.25, -0.2) is 4.39 Å². The number of non-ortho nitro benzene ring substituents is 1. The summed E-state index contributed by atoms with van der Waals surface area (Å²) in [5, 5.41) is 13.5. The molecule has 0 bridgehead atoms. The van der Waals surface area contributed by atoms with Gasteiger partial charge in [-0.3, -0.25) is 19.7 Å². The first-order valence-corrected chi connectivity index (χ1v) is 9.40. The summed E-state index contributed by atoms with van der Waals surface area (Å²) < 4.78 is 13.2. The normalized spacial score (nSPS) is 11.8. The number of nitro groups is 1. The van der Waals surface area contributed by atoms with Crippen LogP contribution in [0.3, 0.4) is 0 Å². The fourth-order valence-corrected chi connectivity index (χ4v) is 2.77. The van der Waals surface area contributed by atoms with Gasteiger partial charge in [-0.1, -0.05) is 18.2 Å². The van der Waals surface area contributed by atoms with E-state index >= 15 is 0 Å². The topological polar surface area (TPSA) is 95.8 Å². The third-order valence-corrected chi connectivity index (χ3v) is 4.45. The molecule has 0 radical (unpaired) electrons. The van der Waals surface area contributed by atoms with Crippen LogP contribution >= 0.6 is 0 Å². The zero-order valence-corrected chi connectivity index (χ0v) is 17.2. The molecule has 0 aromatic heterocycles. The van der Waals surface area contributed by atoms with Gasteiger partial charge in [0.05, 0.1) is 4.92 Å². The zero-order valence-electron chi connectivity index (χ0n) is 17.2. The lowest BCUT2D eigenvalue weighted by Crippen LogP contribution is -2.48. The molecule has 0 aliphatic carbocycles. The van der Waals surface area contributed by atoms with Crippen LogP contribution in [0.25, 0.3) is 0 Å². The summed E-state index contributed by atoms with van der Waals surface area (Å²) in [5.74, 6) is -1.24. The zero-order chi connectivity index (χ0) is 22.3. The van der Waals surface area contributed by atoms with E-state index in [4.69, 9.17) is 0 Å². The van der Waals surface area contributed by atoms with Gasteiger partial charge in [-0.15, -0.1) is 0 Å². The summed E-state index contributed by atoms with van der Waals surface area (Å²) >= 11 is 0. The Morgan fingerprint density at radius 1 is 1.13 bits per heavy atom. The minimum Gasteiger partial charge on any atom is -0.341 e. The van der Waals surface area contributed by atoms with Crippen LogP contribution in [0, 0.1) is 15.9 Å². The molecule has 160 valence electrons. The van der Waals surface area contributed by atoms with E-state index in [9.17, 15) is 24.1 Å². The maximum absolute atomic E-state index is 13.2. The second-order valence-electron chi connectivity index (χ2n) is 7.19. The van der Waals surface area contributed by atoms with E-state index in [0.29, 0.717) is 13.1 Å². The average Bonchev–Trinajstić information content (AvgIpc) is 2.71. The molecule has 1 unspecified atom stereocenters. The first-order valence-electron chi connectivity index (χ1n) is 9.40. The third kappa shape index (κ3) is 6.63. The Bertz CT molecular complexity index is 902. The summed E-state index contributed by atoms with van der Waals surface area (Å²) in [7, 11) is 3.77. The summed E-state index contributed by atoms with van der Waals surface area (Å²) in [4.78, 5) is 39.3. The maximum atomic E-state index is 13.2. The molecule has 0 aliphatic heterocycles. The highest BCUT2D eigenvalue weighted by atomic mass is 19.1. The Balaban J connectivity index is 2.11. The number of hydrogen-bond donors (Lipinski definition) is 1. The fourth-order valence-electron chi connectivity index (χ4n) is 2.77. The van der Waals surface area contributed by atoms with Crippen LogP contribution < -0.4 is 5.32 Å². The van der Waals surface area contributed by atoms with Crippen molar-refractivity contribution in [1.82, 2.24) is 15.1 Å². The Kier molecular flexibility index (Phi) is 7.99. The number of benzene rings is 2. The van der Waals surface area contributed by atoms with E-state index in [1.807, 2.05) is 19.0 Å². The van der Waals surface area contributed by atoms with Gasteiger partial charge in [0.15, 0.2) is 0 Å². The summed E-state index contributed by atoms with van der Waals surface area (Å²) in [6.07, 6.45) is 0. The van der Waals surface area contributed by atoms with Gasteiger partial charge in [0.25, 0.3) is 11.6 Å². The van der Waals surface area contributed by atoms with Gasteiger partial charge in [-0.2, -0.15) is 0 Å². The van der Waals surface area contributed by atoms with Crippen LogP contribution in [0.5, 0.6) is 0 Å². The molecular weight excluding hydrogens is 391 g/mol. The van der Waals surface area contributed by atoms with Crippen molar-refractivity contribution in [2.75, 3.05) is 27.2 Å². The van der Waals surface area contributed by atoms with E-state index in [0.717, 1.165) is 11.6 Å². The minimum absolute atomic E-state index is 0.0993. The SMILES string of the molecule is CC(NC(=O)c1cccc([N+](=O)[O-])c1)C(=O)N(CCN(C)C)Cc1ccc(F)cc1. The Hall–Kier alpha value is -3.33. The molecule has 0 spiro atoms. The predicted octanol–water partition coefficient (Wildman–Crippen LogP) is 2.44. The lowest BCUT2D eigenvalue weighted by Gasteiger charge is -2.27. The second-order valence-corrected chi connectivity index (χ2v) is 7.19. The smallest absolute Gasteiger partial charge is 0.270 e. The van der Waals surface area contributed by atoms with Crippen LogP contribution in [0.2, 0.25) is 0 Å². The van der Waals surface area contributed by atoms with Crippen molar-refractivity contribution in [3.63, 3.8) is 0 Å². The van der Waals surface area contributed by atoms with Gasteiger partial charge in [0.1, 0.15) is 11.9 Å². The molecule has 0 fully saturated rings. The molecule has 30 heavy (non-hydrogen) atoms. The number of nitrogens with zero attached hydrogens (tertiary/aromatic N) is 3. The number of halogens is 1. The standard InChI is InChI=1S/C21H25FN4O4/c1-15(23-20(27)17-5-4-6-19(13-17)26(29)30)21(28)25(12-11-24(2)3)14-16-7-9-18(22)10-8-16/h4-10,13,15H,11-12,14H2,1-3H3,(H,23,27). The molecule has 1 atom stereocenters. The van der Waals surface area contributed by atoms with Crippen molar-refractivity contribution in [3.05, 3.63) is 75.6 Å². The molecule has 2 rings (SSSR count). The predicted molar refractivity (Wildman–Crippen MR) is 110 cm³/mol. The van der Waals surface area contributed by atoms with E-state index < -0.39 is 16.9 Å². The fraction of sp³-hybridized carbons (Fsp3) is 0.333. The number of nitrogens with one attached hydrogen (secondary N) is 1. The molecule has 2 aromatic rings. The molecule has 2 aromatic carbocycles. The third-order valence-electron chi connectivity index (χ3n) is 4.45. The first kappa shape index (κ1) is 23.0. The lowest BCUT2D eigenvalue weighted by atomic mass is 10.1. The number of nitro benzene ring substituents is 1. The summed E-state index contributed by atoms with van der Waals surface area (Å²) in [5.41, 5.74) is 0.661. The molecule has 8 nitrogen and oxygen atoms in total. The minimum atomic E-state index is -0.848. The average molecular weight is 416 g/mol. The van der Waals surface area contributed by atoms with Crippen molar-refractivity contribution in [3.8, 4) is 0 Å². The largest absolute Gasteiger partial charge is 0.341 e. The second kappa shape index (κ2) is 10.4. The van der Waals surface area contributed by atoms with Gasteiger partial charge >= 0.3 is 0 Å². The van der Waals surface area contributed by atoms with E-state index in [1.165, 1.54) is 30.3 Å². The Labute approximate surface area is 174 Å². The number of carbonyl (C=O) groups is 2. The van der Waals surface area contributed by atoms with Crippen LogP contribution in [-0.4, -0.2) is 59.8 Å². The maximum Gasteiger partial charge on any atom is 0.270 e. The van der Waals surface area contributed by atoms with Crippen LogP contribution in [0.1, 0.15) is 22.8 Å². The number of likely N-dealkylation sites (N-methyl/N-ethyl adjacent to an activating group) is 1. The monoisotopic (exact) mass is 416 g/mol. The van der Waals surface area contributed by atoms with E-state index in [2.05, 4.69) is 5.32 Å². The van der Waals surface area contributed by atoms with Crippen LogP contribution in [0.4, 0.5) is 10.1 Å². The van der Waals surface area contributed by atoms with E-state index in [-0.39, 0.29) is 29.5 Å². The van der Waals surface area contributed by atoms with Gasteiger partial charge < -0.3 is 15.1 Å². The van der Waals surface area contributed by atoms with Crippen molar-refractivity contribution in [2.24, 2.45) is 0 Å². The van der Waals surface area contributed by atoms with Crippen molar-refractivity contribution in [1.29, 1.82) is 0 Å². The highest BCUT2D eigenvalue weighted by Crippen LogP contribution is 2.14. The molecule has 0 saturated heterocycles. The quantitative estimate of drug-likeness (QED) is 0.500. The molecule has 0 aliphatic rings. The van der Waals surface area contributed by atoms with Gasteiger partial charge in [0.2, 0.25) is 5.91 Å². The number of rotatable bonds is 9. The van der Waals surface area contributed by atoms with Gasteiger partial charge in [-0.05, 0) is 44.8 Å². The number of hydrogen-bond acceptors (Lipinski definition) is 5. The van der Waals surface area contributed by atoms with Crippen molar-refractivity contribution < 1.29 is 18.9 Å². The molecule has 9 heteroatoms. The van der Waals surface area contributed by atoms with E-state index in [1.54, 1.807) is 24.0 Å². The molecule has 0 heterocycles. The highest BCUT2D eigenvalue weighted by Gasteiger charge is 2.23. The summed E-state index contributed by atoms with van der Waals surface area (Å²) in [6.45, 7) is 2.85. The lowest BCUT2D eigenvalue weighted by molar-refractivity contribution is -0.384. The number of carbonyl (C=O) groups excluding carboxylic acids is 2. The molecule has 1 N–H and O–H groups in total. The Morgan fingerprint density at radius 2 is 1.80 bits per heavy atom. The Morgan fingerprint density at radius 3 is 2.40 bits per heavy atom. The van der Waals surface area contributed by atoms with Crippen molar-refractivity contribution >= 4 is 17.5 Å². The first-order chi connectivity index (χ1) is 14.2. The summed E-state index contributed by atoms with van der Waals surface area (Å²) in [6, 6.07) is 10.3. The number of amides is 2. The van der Waals surface area contributed by atoms with Gasteiger partial charge in [0, 0.05) is 37.3 Å². The molecule has 0 saturated carbocycles.